The van der Waals surface area contributed by atoms with E-state index in [1.165, 1.54) is 0 Å². The number of ether oxygens (including phenoxy) is 1. The quantitative estimate of drug-likeness (QED) is 0.749. The summed E-state index contributed by atoms with van der Waals surface area (Å²) in [4.78, 5) is 11.9. The maximum Gasteiger partial charge on any atom is 0.243 e. The molecule has 0 bridgehead atoms. The number of amides is 1. The van der Waals surface area contributed by atoms with Gasteiger partial charge in [0.25, 0.3) is 0 Å². The Kier molecular flexibility index (Phi) is 6.56. The van der Waals surface area contributed by atoms with Gasteiger partial charge in [-0.2, -0.15) is 0 Å². The Hall–Kier alpha value is -1.91. The van der Waals surface area contributed by atoms with Crippen LogP contribution in [0.1, 0.15) is 13.3 Å². The van der Waals surface area contributed by atoms with Gasteiger partial charge in [0.2, 0.25) is 5.91 Å². The molecule has 0 aliphatic heterocycles. The number of hydrogen-bond donors (Lipinski definition) is 2. The van der Waals surface area contributed by atoms with Gasteiger partial charge in [0, 0.05) is 21.4 Å². The van der Waals surface area contributed by atoms with Crippen molar-refractivity contribution in [3.8, 4) is 5.75 Å². The number of halogens is 2. The Labute approximate surface area is 145 Å². The van der Waals surface area contributed by atoms with Crippen LogP contribution in [0.15, 0.2) is 42.5 Å². The molecule has 0 saturated heterocycles. The number of rotatable bonds is 7. The maximum atomic E-state index is 11.9. The van der Waals surface area contributed by atoms with Gasteiger partial charge in [-0.1, -0.05) is 30.1 Å². The van der Waals surface area contributed by atoms with E-state index in [1.807, 2.05) is 12.1 Å². The van der Waals surface area contributed by atoms with Gasteiger partial charge < -0.3 is 15.4 Å². The smallest absolute Gasteiger partial charge is 0.243 e. The van der Waals surface area contributed by atoms with Crippen molar-refractivity contribution in [3.05, 3.63) is 52.5 Å². The van der Waals surface area contributed by atoms with Crippen molar-refractivity contribution >= 4 is 40.5 Å². The molecule has 2 rings (SSSR count). The lowest BCUT2D eigenvalue weighted by Gasteiger charge is -2.09. The van der Waals surface area contributed by atoms with Crippen molar-refractivity contribution < 1.29 is 9.53 Å². The summed E-state index contributed by atoms with van der Waals surface area (Å²) in [7, 11) is 0. The van der Waals surface area contributed by atoms with E-state index in [1.54, 1.807) is 30.3 Å². The van der Waals surface area contributed by atoms with Gasteiger partial charge in [0.05, 0.1) is 13.2 Å². The lowest BCUT2D eigenvalue weighted by molar-refractivity contribution is -0.114. The standard InChI is InChI=1S/C17H18Cl2N2O2/c1-2-7-23-16-5-3-14(4-6-16)21-17(22)11-20-15-9-12(18)8-13(19)10-15/h3-6,8-10,20H,2,7,11H2,1H3,(H,21,22). The van der Waals surface area contributed by atoms with Crippen molar-refractivity contribution in [3.63, 3.8) is 0 Å². The Bertz CT molecular complexity index is 640. The summed E-state index contributed by atoms with van der Waals surface area (Å²) in [5, 5.41) is 6.82. The second kappa shape index (κ2) is 8.65. The fourth-order valence-electron chi connectivity index (χ4n) is 1.90. The fourth-order valence-corrected chi connectivity index (χ4v) is 2.42. The summed E-state index contributed by atoms with van der Waals surface area (Å²) in [6.45, 7) is 2.84. The third-order valence-electron chi connectivity index (χ3n) is 2.93. The first kappa shape index (κ1) is 17.4. The van der Waals surface area contributed by atoms with Crippen molar-refractivity contribution in [2.75, 3.05) is 23.8 Å². The monoisotopic (exact) mass is 352 g/mol. The summed E-state index contributed by atoms with van der Waals surface area (Å²) in [5.41, 5.74) is 1.41. The second-order valence-electron chi connectivity index (χ2n) is 4.93. The van der Waals surface area contributed by atoms with Gasteiger partial charge in [-0.15, -0.1) is 0 Å². The summed E-state index contributed by atoms with van der Waals surface area (Å²) in [6, 6.07) is 12.3. The Balaban J connectivity index is 1.84. The molecule has 0 aliphatic rings. The molecule has 0 aromatic heterocycles. The lowest BCUT2D eigenvalue weighted by atomic mass is 10.3. The molecule has 0 unspecified atom stereocenters. The van der Waals surface area contributed by atoms with Gasteiger partial charge in [-0.05, 0) is 48.9 Å². The van der Waals surface area contributed by atoms with Gasteiger partial charge in [0.15, 0.2) is 0 Å². The Morgan fingerprint density at radius 1 is 1.04 bits per heavy atom. The number of carbonyl (C=O) groups is 1. The molecule has 1 amide bonds. The van der Waals surface area contributed by atoms with E-state index in [-0.39, 0.29) is 12.5 Å². The molecule has 0 atom stereocenters. The molecule has 122 valence electrons. The minimum atomic E-state index is -0.164. The molecule has 0 heterocycles. The highest BCUT2D eigenvalue weighted by Crippen LogP contribution is 2.22. The minimum Gasteiger partial charge on any atom is -0.494 e. The van der Waals surface area contributed by atoms with E-state index in [0.29, 0.717) is 28.0 Å². The molecular formula is C17H18Cl2N2O2. The van der Waals surface area contributed by atoms with Crippen LogP contribution in [0.3, 0.4) is 0 Å². The SMILES string of the molecule is CCCOc1ccc(NC(=O)CNc2cc(Cl)cc(Cl)c2)cc1. The largest absolute Gasteiger partial charge is 0.494 e. The summed E-state index contributed by atoms with van der Waals surface area (Å²) < 4.78 is 5.49. The van der Waals surface area contributed by atoms with Gasteiger partial charge in [0.1, 0.15) is 5.75 Å². The van der Waals surface area contributed by atoms with Gasteiger partial charge >= 0.3 is 0 Å². The highest BCUT2D eigenvalue weighted by Gasteiger charge is 2.04. The molecule has 23 heavy (non-hydrogen) atoms. The number of benzene rings is 2. The molecule has 0 fully saturated rings. The van der Waals surface area contributed by atoms with Crippen molar-refractivity contribution in [1.29, 1.82) is 0 Å². The molecular weight excluding hydrogens is 335 g/mol. The van der Waals surface area contributed by atoms with E-state index in [9.17, 15) is 4.79 Å². The van der Waals surface area contributed by atoms with E-state index in [0.717, 1.165) is 12.2 Å². The van der Waals surface area contributed by atoms with E-state index in [2.05, 4.69) is 17.6 Å². The number of nitrogens with one attached hydrogen (secondary N) is 2. The number of carbonyl (C=O) groups excluding carboxylic acids is 1. The average Bonchev–Trinajstić information content (AvgIpc) is 2.51. The highest BCUT2D eigenvalue weighted by molar-refractivity contribution is 6.35. The zero-order valence-corrected chi connectivity index (χ0v) is 14.2. The molecule has 0 spiro atoms. The zero-order valence-electron chi connectivity index (χ0n) is 12.7. The van der Waals surface area contributed by atoms with Crippen LogP contribution in [-0.4, -0.2) is 19.1 Å². The molecule has 0 aliphatic carbocycles. The highest BCUT2D eigenvalue weighted by atomic mass is 35.5. The zero-order chi connectivity index (χ0) is 16.7. The summed E-state index contributed by atoms with van der Waals surface area (Å²) >= 11 is 11.8. The van der Waals surface area contributed by atoms with E-state index in [4.69, 9.17) is 27.9 Å². The first-order chi connectivity index (χ1) is 11.1. The van der Waals surface area contributed by atoms with Crippen LogP contribution in [0.4, 0.5) is 11.4 Å². The first-order valence-electron chi connectivity index (χ1n) is 7.29. The second-order valence-corrected chi connectivity index (χ2v) is 5.81. The third kappa shape index (κ3) is 6.00. The number of hydrogen-bond acceptors (Lipinski definition) is 3. The summed E-state index contributed by atoms with van der Waals surface area (Å²) in [6.07, 6.45) is 0.956. The third-order valence-corrected chi connectivity index (χ3v) is 3.36. The molecule has 6 heteroatoms. The van der Waals surface area contributed by atoms with Gasteiger partial charge in [-0.3, -0.25) is 4.79 Å². The van der Waals surface area contributed by atoms with Crippen LogP contribution in [0.5, 0.6) is 5.75 Å². The van der Waals surface area contributed by atoms with Crippen molar-refractivity contribution in [2.45, 2.75) is 13.3 Å². The summed E-state index contributed by atoms with van der Waals surface area (Å²) in [5.74, 6) is 0.625. The predicted molar refractivity (Wildman–Crippen MR) is 95.8 cm³/mol. The van der Waals surface area contributed by atoms with Crippen LogP contribution in [0.25, 0.3) is 0 Å². The Morgan fingerprint density at radius 2 is 1.70 bits per heavy atom. The molecule has 0 radical (unpaired) electrons. The predicted octanol–water partition coefficient (Wildman–Crippen LogP) is 4.83. The van der Waals surface area contributed by atoms with Crippen molar-refractivity contribution in [2.24, 2.45) is 0 Å². The molecule has 2 aromatic rings. The molecule has 2 N–H and O–H groups in total. The number of anilines is 2. The van der Waals surface area contributed by atoms with Crippen LogP contribution >= 0.6 is 23.2 Å². The minimum absolute atomic E-state index is 0.116. The van der Waals surface area contributed by atoms with Crippen LogP contribution in [0.2, 0.25) is 10.0 Å². The first-order valence-corrected chi connectivity index (χ1v) is 8.05. The van der Waals surface area contributed by atoms with Crippen LogP contribution in [-0.2, 0) is 4.79 Å². The van der Waals surface area contributed by atoms with Crippen molar-refractivity contribution in [1.82, 2.24) is 0 Å². The molecule has 0 saturated carbocycles. The average molecular weight is 353 g/mol. The van der Waals surface area contributed by atoms with Gasteiger partial charge in [-0.25, -0.2) is 0 Å². The lowest BCUT2D eigenvalue weighted by Crippen LogP contribution is -2.21. The topological polar surface area (TPSA) is 50.4 Å². The van der Waals surface area contributed by atoms with Crippen LogP contribution < -0.4 is 15.4 Å². The molecule has 4 nitrogen and oxygen atoms in total. The van der Waals surface area contributed by atoms with E-state index < -0.39 is 0 Å². The van der Waals surface area contributed by atoms with Crippen LogP contribution in [0, 0.1) is 0 Å². The maximum absolute atomic E-state index is 11.9. The normalized spacial score (nSPS) is 10.2. The molecule has 2 aromatic carbocycles. The fraction of sp³-hybridized carbons (Fsp3) is 0.235. The Morgan fingerprint density at radius 3 is 2.30 bits per heavy atom. The van der Waals surface area contributed by atoms with E-state index >= 15 is 0 Å².